The first kappa shape index (κ1) is 37.0. The van der Waals surface area contributed by atoms with Gasteiger partial charge in [0.25, 0.3) is 0 Å². The summed E-state index contributed by atoms with van der Waals surface area (Å²) < 4.78 is 5.26. The molecule has 0 fully saturated rings. The van der Waals surface area contributed by atoms with Crippen LogP contribution in [0.1, 0.15) is 22.3 Å². The lowest BCUT2D eigenvalue weighted by atomic mass is 9.68. The normalized spacial score (nSPS) is 12.8. The van der Waals surface area contributed by atoms with E-state index in [2.05, 4.69) is 241 Å². The van der Waals surface area contributed by atoms with Crippen molar-refractivity contribution >= 4 is 80.1 Å². The van der Waals surface area contributed by atoms with Gasteiger partial charge in [0, 0.05) is 57.3 Å². The van der Waals surface area contributed by atoms with Crippen molar-refractivity contribution in [3.63, 3.8) is 0 Å². The summed E-state index contributed by atoms with van der Waals surface area (Å²) in [7, 11) is 0. The summed E-state index contributed by atoms with van der Waals surface area (Å²) >= 11 is 3.75. The van der Waals surface area contributed by atoms with Gasteiger partial charge in [-0.25, -0.2) is 0 Å². The van der Waals surface area contributed by atoms with Crippen molar-refractivity contribution in [3.8, 4) is 33.4 Å². The quantitative estimate of drug-likeness (QED) is 0.154. The molecule has 3 heteroatoms. The van der Waals surface area contributed by atoms with Gasteiger partial charge in [0.05, 0.1) is 11.1 Å². The van der Waals surface area contributed by atoms with E-state index in [0.29, 0.717) is 0 Å². The number of hydrogen-bond acceptors (Lipinski definition) is 3. The molecule has 0 radical (unpaired) electrons. The maximum Gasteiger partial charge on any atom is 0.0714 e. The van der Waals surface area contributed by atoms with E-state index in [1.54, 1.807) is 0 Å². The fourth-order valence-corrected chi connectivity index (χ4v) is 13.1. The fraction of sp³-hybridized carbons (Fsp3) is 0.0164. The first-order valence-electron chi connectivity index (χ1n) is 21.9. The minimum atomic E-state index is -0.513. The molecule has 12 aromatic rings. The molecule has 300 valence electrons. The largest absolute Gasteiger partial charge is 0.310 e. The predicted molar refractivity (Wildman–Crippen MR) is 275 cm³/mol. The summed E-state index contributed by atoms with van der Waals surface area (Å²) in [5, 5.41) is 5.26. The smallest absolute Gasteiger partial charge is 0.0714 e. The second kappa shape index (κ2) is 14.8. The summed E-state index contributed by atoms with van der Waals surface area (Å²) in [6.45, 7) is 0. The van der Waals surface area contributed by atoms with E-state index in [1.165, 1.54) is 96.0 Å². The van der Waals surface area contributed by atoms with E-state index in [4.69, 9.17) is 0 Å². The van der Waals surface area contributed by atoms with E-state index >= 15 is 0 Å². The van der Waals surface area contributed by atoms with Gasteiger partial charge >= 0.3 is 0 Å². The van der Waals surface area contributed by atoms with Crippen molar-refractivity contribution in [2.75, 3.05) is 4.90 Å². The fourth-order valence-electron chi connectivity index (χ4n) is 10.7. The molecule has 0 bridgehead atoms. The minimum absolute atomic E-state index is 0.513. The molecule has 13 rings (SSSR count). The minimum Gasteiger partial charge on any atom is -0.310 e. The van der Waals surface area contributed by atoms with E-state index in [9.17, 15) is 0 Å². The van der Waals surface area contributed by atoms with Crippen LogP contribution >= 0.6 is 22.7 Å². The number of benzene rings is 10. The van der Waals surface area contributed by atoms with E-state index < -0.39 is 5.41 Å². The number of thiophene rings is 2. The third-order valence-electron chi connectivity index (χ3n) is 13.4. The van der Waals surface area contributed by atoms with Gasteiger partial charge in [0.2, 0.25) is 0 Å². The SMILES string of the molecule is c1ccc(C2(c3ccccc3)c3ccccc3-c3c(N(c4ccc(-c5cccc6sc7ccccc7c56)cc4)c4cccc(-c5cccc6c5sc5ccccc56)c4)cccc32)cc1. The van der Waals surface area contributed by atoms with Gasteiger partial charge in [-0.3, -0.25) is 0 Å². The molecule has 1 aliphatic rings. The van der Waals surface area contributed by atoms with Gasteiger partial charge in [-0.15, -0.1) is 22.7 Å². The Morgan fingerprint density at radius 3 is 1.72 bits per heavy atom. The molecule has 1 nitrogen and oxygen atoms in total. The average Bonchev–Trinajstić information content (AvgIpc) is 4.04. The molecule has 0 saturated carbocycles. The highest BCUT2D eigenvalue weighted by Gasteiger charge is 2.47. The second-order valence-electron chi connectivity index (χ2n) is 16.7. The number of fused-ring (bicyclic) bond motifs is 9. The van der Waals surface area contributed by atoms with Crippen LogP contribution in [0.5, 0.6) is 0 Å². The van der Waals surface area contributed by atoms with Crippen LogP contribution in [-0.2, 0) is 5.41 Å². The lowest BCUT2D eigenvalue weighted by Gasteiger charge is -2.34. The highest BCUT2D eigenvalue weighted by molar-refractivity contribution is 7.26. The van der Waals surface area contributed by atoms with Crippen LogP contribution in [0, 0.1) is 0 Å². The Morgan fingerprint density at radius 1 is 0.344 bits per heavy atom. The van der Waals surface area contributed by atoms with Crippen LogP contribution in [0.2, 0.25) is 0 Å². The number of hydrogen-bond donors (Lipinski definition) is 0. The maximum atomic E-state index is 2.50. The van der Waals surface area contributed by atoms with Crippen LogP contribution in [0.15, 0.2) is 237 Å². The Kier molecular flexibility index (Phi) is 8.55. The predicted octanol–water partition coefficient (Wildman–Crippen LogP) is 17.6. The van der Waals surface area contributed by atoms with Crippen LogP contribution in [-0.4, -0.2) is 0 Å². The number of nitrogens with zero attached hydrogens (tertiary/aromatic N) is 1. The summed E-state index contributed by atoms with van der Waals surface area (Å²) in [6.07, 6.45) is 0. The number of rotatable bonds is 7. The maximum absolute atomic E-state index is 2.50. The first-order chi connectivity index (χ1) is 31.8. The average molecular weight is 850 g/mol. The highest BCUT2D eigenvalue weighted by atomic mass is 32.1. The Bertz CT molecular complexity index is 3690. The van der Waals surface area contributed by atoms with Gasteiger partial charge < -0.3 is 4.90 Å². The van der Waals surface area contributed by atoms with E-state index in [1.807, 2.05) is 22.7 Å². The van der Waals surface area contributed by atoms with Crippen molar-refractivity contribution in [3.05, 3.63) is 259 Å². The van der Waals surface area contributed by atoms with Crippen LogP contribution in [0.4, 0.5) is 17.1 Å². The molecule has 0 spiro atoms. The zero-order chi connectivity index (χ0) is 42.2. The molecule has 0 N–H and O–H groups in total. The monoisotopic (exact) mass is 849 g/mol. The highest BCUT2D eigenvalue weighted by Crippen LogP contribution is 2.59. The molecular weight excluding hydrogens is 811 g/mol. The number of anilines is 3. The Labute approximate surface area is 380 Å². The summed E-state index contributed by atoms with van der Waals surface area (Å²) in [5.41, 5.74) is 15.4. The van der Waals surface area contributed by atoms with E-state index in [-0.39, 0.29) is 0 Å². The van der Waals surface area contributed by atoms with Crippen LogP contribution in [0.3, 0.4) is 0 Å². The van der Waals surface area contributed by atoms with Crippen molar-refractivity contribution in [2.24, 2.45) is 0 Å². The molecule has 0 amide bonds. The third kappa shape index (κ3) is 5.55. The topological polar surface area (TPSA) is 3.24 Å². The van der Waals surface area contributed by atoms with Crippen molar-refractivity contribution < 1.29 is 0 Å². The van der Waals surface area contributed by atoms with Crippen molar-refractivity contribution in [1.29, 1.82) is 0 Å². The molecular formula is C61H39NS2. The van der Waals surface area contributed by atoms with Crippen molar-refractivity contribution in [2.45, 2.75) is 5.41 Å². The molecule has 2 aromatic heterocycles. The Morgan fingerprint density at radius 2 is 0.922 bits per heavy atom. The lowest BCUT2D eigenvalue weighted by Crippen LogP contribution is -2.28. The van der Waals surface area contributed by atoms with Gasteiger partial charge in [-0.1, -0.05) is 188 Å². The standard InChI is InChI=1S/C61H39NS2/c1-3-18-42(19-4-1)61(43-20-5-2-6-21-43)52-29-10-7-24-50(52)59-53(61)30-16-31-54(59)62(44-37-35-40(36-38-44)46-26-15-34-57-58(46)51-25-9-12-33-56(51)63-57)45-22-13-17-41(39-45)47-27-14-28-49-48-23-8-11-32-55(48)64-60(47)49/h1-39H. The van der Waals surface area contributed by atoms with Gasteiger partial charge in [0.1, 0.15) is 0 Å². The lowest BCUT2D eigenvalue weighted by molar-refractivity contribution is 0.768. The molecule has 10 aromatic carbocycles. The summed E-state index contributed by atoms with van der Waals surface area (Å²) in [4.78, 5) is 2.50. The molecule has 2 heterocycles. The first-order valence-corrected chi connectivity index (χ1v) is 23.5. The molecule has 0 unspecified atom stereocenters. The zero-order valence-electron chi connectivity index (χ0n) is 34.8. The summed E-state index contributed by atoms with van der Waals surface area (Å²) in [5.74, 6) is 0. The van der Waals surface area contributed by atoms with Crippen molar-refractivity contribution in [1.82, 2.24) is 0 Å². The zero-order valence-corrected chi connectivity index (χ0v) is 36.4. The molecule has 1 aliphatic carbocycles. The third-order valence-corrected chi connectivity index (χ3v) is 15.7. The molecule has 0 atom stereocenters. The Balaban J connectivity index is 1.05. The molecule has 64 heavy (non-hydrogen) atoms. The van der Waals surface area contributed by atoms with E-state index in [0.717, 1.165) is 17.1 Å². The van der Waals surface area contributed by atoms with Gasteiger partial charge in [0.15, 0.2) is 0 Å². The van der Waals surface area contributed by atoms with Crippen LogP contribution < -0.4 is 4.90 Å². The molecule has 0 aliphatic heterocycles. The van der Waals surface area contributed by atoms with Gasteiger partial charge in [-0.2, -0.15) is 0 Å². The second-order valence-corrected chi connectivity index (χ2v) is 18.9. The summed E-state index contributed by atoms with van der Waals surface area (Å²) in [6, 6.07) is 87.8. The Hall–Kier alpha value is -7.56. The molecule has 0 saturated heterocycles. The van der Waals surface area contributed by atoms with Crippen LogP contribution in [0.25, 0.3) is 73.7 Å². The van der Waals surface area contributed by atoms with Gasteiger partial charge in [-0.05, 0) is 98.6 Å².